The maximum atomic E-state index is 12.9. The highest BCUT2D eigenvalue weighted by Crippen LogP contribution is 2.43. The number of aliphatic hydroxyl groups excluding tert-OH is 1. The first-order chi connectivity index (χ1) is 15.7. The number of anilines is 1. The maximum Gasteiger partial charge on any atom is 0.224 e. The highest BCUT2D eigenvalue weighted by atomic mass is 16.6. The Bertz CT molecular complexity index is 947. The van der Waals surface area contributed by atoms with E-state index in [2.05, 4.69) is 4.90 Å². The SMILES string of the molecule is O=C1CCN(C[C@@H](O)COCc2ccccc2)c2ccc3c(c2CN1C1CC1)OCCO3. The Balaban J connectivity index is 1.33. The van der Waals surface area contributed by atoms with Gasteiger partial charge in [-0.1, -0.05) is 30.3 Å². The molecule has 1 amide bonds. The average Bonchev–Trinajstić information content (AvgIpc) is 3.65. The van der Waals surface area contributed by atoms with Crippen LogP contribution in [0.2, 0.25) is 0 Å². The van der Waals surface area contributed by atoms with Gasteiger partial charge in [-0.25, -0.2) is 0 Å². The van der Waals surface area contributed by atoms with Gasteiger partial charge in [-0.05, 0) is 30.5 Å². The van der Waals surface area contributed by atoms with Crippen molar-refractivity contribution in [2.45, 2.75) is 44.6 Å². The summed E-state index contributed by atoms with van der Waals surface area (Å²) in [6.45, 7) is 3.16. The molecule has 0 unspecified atom stereocenters. The van der Waals surface area contributed by atoms with Gasteiger partial charge >= 0.3 is 0 Å². The molecule has 1 fully saturated rings. The van der Waals surface area contributed by atoms with E-state index in [0.717, 1.165) is 41.2 Å². The van der Waals surface area contributed by atoms with E-state index >= 15 is 0 Å². The summed E-state index contributed by atoms with van der Waals surface area (Å²) in [7, 11) is 0. The number of rotatable bonds is 7. The van der Waals surface area contributed by atoms with Crippen molar-refractivity contribution in [3.63, 3.8) is 0 Å². The van der Waals surface area contributed by atoms with Gasteiger partial charge in [-0.2, -0.15) is 0 Å². The number of carbonyl (C=O) groups is 1. The molecular formula is C25H30N2O5. The van der Waals surface area contributed by atoms with Gasteiger partial charge in [0.15, 0.2) is 11.5 Å². The zero-order valence-electron chi connectivity index (χ0n) is 18.2. The summed E-state index contributed by atoms with van der Waals surface area (Å²) in [5.74, 6) is 1.62. The van der Waals surface area contributed by atoms with E-state index in [1.54, 1.807) is 0 Å². The van der Waals surface area contributed by atoms with Crippen molar-refractivity contribution in [2.75, 3.05) is 37.8 Å². The molecule has 2 heterocycles. The number of ether oxygens (including phenoxy) is 3. The molecule has 1 atom stereocenters. The van der Waals surface area contributed by atoms with Gasteiger partial charge in [-0.3, -0.25) is 4.79 Å². The number of β-amino-alcohol motifs (C(OH)–C–C–N with tert-alkyl or cyclic N) is 1. The van der Waals surface area contributed by atoms with Gasteiger partial charge in [0.1, 0.15) is 13.2 Å². The van der Waals surface area contributed by atoms with Crippen LogP contribution in [0.4, 0.5) is 5.69 Å². The minimum atomic E-state index is -0.672. The predicted molar refractivity (Wildman–Crippen MR) is 120 cm³/mol. The highest BCUT2D eigenvalue weighted by molar-refractivity contribution is 5.79. The lowest BCUT2D eigenvalue weighted by Gasteiger charge is -2.36. The van der Waals surface area contributed by atoms with E-state index in [1.807, 2.05) is 47.4 Å². The van der Waals surface area contributed by atoms with Crippen molar-refractivity contribution < 1.29 is 24.1 Å². The second-order valence-corrected chi connectivity index (χ2v) is 8.69. The molecule has 0 radical (unpaired) electrons. The van der Waals surface area contributed by atoms with Gasteiger partial charge in [0, 0.05) is 36.8 Å². The number of carbonyl (C=O) groups excluding carboxylic acids is 1. The third-order valence-corrected chi connectivity index (χ3v) is 6.21. The highest BCUT2D eigenvalue weighted by Gasteiger charge is 2.36. The summed E-state index contributed by atoms with van der Waals surface area (Å²) in [5.41, 5.74) is 3.04. The average molecular weight is 439 g/mol. The van der Waals surface area contributed by atoms with Crippen molar-refractivity contribution >= 4 is 11.6 Å². The van der Waals surface area contributed by atoms with Crippen molar-refractivity contribution in [3.8, 4) is 11.5 Å². The van der Waals surface area contributed by atoms with E-state index < -0.39 is 6.10 Å². The number of fused-ring (bicyclic) bond motifs is 3. The molecule has 7 nitrogen and oxygen atoms in total. The molecule has 3 aliphatic rings. The van der Waals surface area contributed by atoms with Crippen LogP contribution in [0.3, 0.4) is 0 Å². The van der Waals surface area contributed by atoms with Crippen LogP contribution in [0.15, 0.2) is 42.5 Å². The molecule has 170 valence electrons. The molecule has 1 N–H and O–H groups in total. The molecule has 5 rings (SSSR count). The van der Waals surface area contributed by atoms with Gasteiger partial charge in [-0.15, -0.1) is 0 Å². The number of benzene rings is 2. The first-order valence-electron chi connectivity index (χ1n) is 11.4. The number of amides is 1. The second kappa shape index (κ2) is 9.38. The Morgan fingerprint density at radius 1 is 1.09 bits per heavy atom. The van der Waals surface area contributed by atoms with Crippen LogP contribution in [0, 0.1) is 0 Å². The molecule has 1 aliphatic carbocycles. The number of nitrogens with zero attached hydrogens (tertiary/aromatic N) is 2. The summed E-state index contributed by atoms with van der Waals surface area (Å²) in [4.78, 5) is 17.0. The quantitative estimate of drug-likeness (QED) is 0.717. The predicted octanol–water partition coefficient (Wildman–Crippen LogP) is 2.74. The second-order valence-electron chi connectivity index (χ2n) is 8.69. The Morgan fingerprint density at radius 3 is 2.72 bits per heavy atom. The van der Waals surface area contributed by atoms with Crippen LogP contribution in [0.1, 0.15) is 30.4 Å². The standard InChI is InChI=1S/C25H30N2O5/c28-20(17-30-16-18-4-2-1-3-5-18)14-26-11-10-24(29)27(19-6-7-19)15-21-22(26)8-9-23-25(21)32-13-12-31-23/h1-5,8-9,19-20,28H,6-7,10-17H2/t20-/m1/s1. The molecule has 1 saturated carbocycles. The lowest BCUT2D eigenvalue weighted by atomic mass is 10.0. The monoisotopic (exact) mass is 438 g/mol. The molecule has 0 saturated heterocycles. The third-order valence-electron chi connectivity index (χ3n) is 6.21. The summed E-state index contributed by atoms with van der Waals surface area (Å²) in [5, 5.41) is 10.7. The molecule has 2 aromatic carbocycles. The fourth-order valence-corrected chi connectivity index (χ4v) is 4.47. The zero-order valence-corrected chi connectivity index (χ0v) is 18.2. The summed E-state index contributed by atoms with van der Waals surface area (Å²) in [6.07, 6.45) is 1.89. The van der Waals surface area contributed by atoms with Crippen LogP contribution in [0.5, 0.6) is 11.5 Å². The lowest BCUT2D eigenvalue weighted by molar-refractivity contribution is -0.132. The number of aliphatic hydroxyl groups is 1. The van der Waals surface area contributed by atoms with E-state index in [9.17, 15) is 9.90 Å². The molecule has 2 aromatic rings. The first kappa shape index (κ1) is 21.1. The van der Waals surface area contributed by atoms with Crippen molar-refractivity contribution in [3.05, 3.63) is 53.6 Å². The summed E-state index contributed by atoms with van der Waals surface area (Å²) in [6, 6.07) is 14.2. The van der Waals surface area contributed by atoms with Crippen molar-refractivity contribution in [1.29, 1.82) is 0 Å². The van der Waals surface area contributed by atoms with Gasteiger partial charge in [0.25, 0.3) is 0 Å². The normalized spacial score (nSPS) is 19.2. The molecule has 7 heteroatoms. The van der Waals surface area contributed by atoms with Crippen LogP contribution >= 0.6 is 0 Å². The van der Waals surface area contributed by atoms with Gasteiger partial charge in [0.05, 0.1) is 25.9 Å². The molecular weight excluding hydrogens is 408 g/mol. The van der Waals surface area contributed by atoms with Crippen LogP contribution < -0.4 is 14.4 Å². The van der Waals surface area contributed by atoms with E-state index in [4.69, 9.17) is 14.2 Å². The smallest absolute Gasteiger partial charge is 0.224 e. The molecule has 32 heavy (non-hydrogen) atoms. The zero-order chi connectivity index (χ0) is 21.9. The largest absolute Gasteiger partial charge is 0.486 e. The molecule has 0 aromatic heterocycles. The Labute approximate surface area is 188 Å². The van der Waals surface area contributed by atoms with E-state index in [0.29, 0.717) is 51.9 Å². The molecule has 2 aliphatic heterocycles. The number of hydrogen-bond acceptors (Lipinski definition) is 6. The Morgan fingerprint density at radius 2 is 1.91 bits per heavy atom. The van der Waals surface area contributed by atoms with Crippen molar-refractivity contribution in [1.82, 2.24) is 4.90 Å². The van der Waals surface area contributed by atoms with Crippen LogP contribution in [-0.2, 0) is 22.7 Å². The van der Waals surface area contributed by atoms with E-state index in [1.165, 1.54) is 0 Å². The Kier molecular flexibility index (Phi) is 6.19. The minimum Gasteiger partial charge on any atom is -0.486 e. The summed E-state index contributed by atoms with van der Waals surface area (Å²) < 4.78 is 17.5. The van der Waals surface area contributed by atoms with Crippen LogP contribution in [0.25, 0.3) is 0 Å². The van der Waals surface area contributed by atoms with E-state index in [-0.39, 0.29) is 12.5 Å². The van der Waals surface area contributed by atoms with Crippen LogP contribution in [-0.4, -0.2) is 61.0 Å². The fourth-order valence-electron chi connectivity index (χ4n) is 4.47. The topological polar surface area (TPSA) is 71.5 Å². The summed E-state index contributed by atoms with van der Waals surface area (Å²) >= 11 is 0. The lowest BCUT2D eigenvalue weighted by Crippen LogP contribution is -2.42. The molecule has 0 bridgehead atoms. The van der Waals surface area contributed by atoms with Crippen molar-refractivity contribution in [2.24, 2.45) is 0 Å². The Hall–Kier alpha value is -2.77. The minimum absolute atomic E-state index is 0.160. The maximum absolute atomic E-state index is 12.9. The van der Waals surface area contributed by atoms with Gasteiger partial charge < -0.3 is 29.1 Å². The number of hydrogen-bond donors (Lipinski definition) is 1. The molecule has 0 spiro atoms. The first-order valence-corrected chi connectivity index (χ1v) is 11.4. The van der Waals surface area contributed by atoms with Gasteiger partial charge in [0.2, 0.25) is 5.91 Å². The third kappa shape index (κ3) is 4.69. The fraction of sp³-hybridized carbons (Fsp3) is 0.480.